The minimum Gasteiger partial charge on any atom is -0.507 e. The number of carbonyl (C=O) groups excluding carboxylic acids is 2. The number of rotatable bonds is 8. The Balaban J connectivity index is 2.03. The van der Waals surface area contributed by atoms with E-state index in [1.165, 1.54) is 11.3 Å². The van der Waals surface area contributed by atoms with Gasteiger partial charge < -0.3 is 19.5 Å². The molecule has 1 aliphatic rings. The predicted octanol–water partition coefficient (Wildman–Crippen LogP) is 4.61. The minimum atomic E-state index is -0.659. The van der Waals surface area contributed by atoms with E-state index >= 15 is 0 Å². The van der Waals surface area contributed by atoms with Gasteiger partial charge >= 0.3 is 0 Å². The molecule has 1 N–H and O–H groups in total. The molecule has 1 amide bonds. The summed E-state index contributed by atoms with van der Waals surface area (Å²) in [6, 6.07) is 6.55. The number of aliphatic hydroxyl groups is 1. The second-order valence-electron chi connectivity index (χ2n) is 7.92. The lowest BCUT2D eigenvalue weighted by atomic mass is 9.97. The second kappa shape index (κ2) is 9.66. The normalized spacial score (nSPS) is 18.3. The number of ketones is 1. The van der Waals surface area contributed by atoms with Gasteiger partial charge in [-0.3, -0.25) is 9.59 Å². The quantitative estimate of drug-likeness (QED) is 0.279. The van der Waals surface area contributed by atoms with E-state index in [2.05, 4.69) is 0 Å². The van der Waals surface area contributed by atoms with Gasteiger partial charge in [-0.15, -0.1) is 11.3 Å². The van der Waals surface area contributed by atoms with E-state index in [1.54, 1.807) is 30.2 Å². The van der Waals surface area contributed by atoms with Crippen molar-refractivity contribution in [3.8, 4) is 5.75 Å². The number of Topliss-reactive ketones (excluding diaryl/α,β-unsaturated/α-hetero) is 1. The lowest BCUT2D eigenvalue weighted by Gasteiger charge is -2.25. The molecule has 7 heteroatoms. The summed E-state index contributed by atoms with van der Waals surface area (Å²) in [5.74, 6) is -0.724. The van der Waals surface area contributed by atoms with E-state index in [1.807, 2.05) is 39.1 Å². The van der Waals surface area contributed by atoms with Crippen LogP contribution in [0.5, 0.6) is 5.75 Å². The Labute approximate surface area is 187 Å². The number of ether oxygens (including phenoxy) is 2. The number of carbonyl (C=O) groups is 2. The fraction of sp³-hybridized carbons (Fsp3) is 0.417. The average Bonchev–Trinajstić information content (AvgIpc) is 3.25. The largest absolute Gasteiger partial charge is 0.507 e. The van der Waals surface area contributed by atoms with E-state index in [4.69, 9.17) is 9.47 Å². The highest BCUT2D eigenvalue weighted by Crippen LogP contribution is 2.42. The molecular weight excluding hydrogens is 414 g/mol. The molecule has 31 heavy (non-hydrogen) atoms. The van der Waals surface area contributed by atoms with E-state index in [0.29, 0.717) is 30.9 Å². The molecule has 2 aromatic rings. The monoisotopic (exact) mass is 443 g/mol. The molecule has 1 fully saturated rings. The van der Waals surface area contributed by atoms with Gasteiger partial charge in [0.05, 0.1) is 24.8 Å². The fourth-order valence-corrected chi connectivity index (χ4v) is 4.83. The van der Waals surface area contributed by atoms with E-state index < -0.39 is 17.7 Å². The number of hydrogen-bond donors (Lipinski definition) is 1. The molecule has 166 valence electrons. The number of thiophene rings is 1. The minimum absolute atomic E-state index is 0.101. The van der Waals surface area contributed by atoms with Crippen molar-refractivity contribution in [2.24, 2.45) is 0 Å². The molecule has 1 saturated heterocycles. The Kier molecular flexibility index (Phi) is 7.18. The fourth-order valence-electron chi connectivity index (χ4n) is 3.78. The number of amides is 1. The summed E-state index contributed by atoms with van der Waals surface area (Å²) in [5, 5.41) is 13.1. The molecule has 0 radical (unpaired) electrons. The van der Waals surface area contributed by atoms with Crippen LogP contribution in [-0.4, -0.2) is 48.1 Å². The maximum absolute atomic E-state index is 13.0. The van der Waals surface area contributed by atoms with E-state index in [9.17, 15) is 14.7 Å². The zero-order valence-electron chi connectivity index (χ0n) is 18.6. The highest BCUT2D eigenvalue weighted by molar-refractivity contribution is 7.10. The smallest absolute Gasteiger partial charge is 0.295 e. The standard InChI is InChI=1S/C24H29NO5S/c1-14(2)30-11-6-10-25-20(23-15(3)9-12-31-23)19(22(27)24(25)28)21(26)17-7-8-18(29-5)16(4)13-17/h7-9,12-14,20,26H,6,10-11H2,1-5H3/b21-19-. The van der Waals surface area contributed by atoms with Crippen LogP contribution >= 0.6 is 11.3 Å². The predicted molar refractivity (Wildman–Crippen MR) is 122 cm³/mol. The average molecular weight is 444 g/mol. The van der Waals surface area contributed by atoms with Gasteiger partial charge in [-0.2, -0.15) is 0 Å². The summed E-state index contributed by atoms with van der Waals surface area (Å²) in [7, 11) is 1.58. The molecule has 6 nitrogen and oxygen atoms in total. The van der Waals surface area contributed by atoms with Gasteiger partial charge in [-0.05, 0) is 74.9 Å². The molecule has 2 heterocycles. The molecule has 1 unspecified atom stereocenters. The van der Waals surface area contributed by atoms with Gasteiger partial charge in [0, 0.05) is 23.6 Å². The number of likely N-dealkylation sites (tertiary alicyclic amines) is 1. The van der Waals surface area contributed by atoms with Gasteiger partial charge in [-0.1, -0.05) is 0 Å². The van der Waals surface area contributed by atoms with Crippen LogP contribution in [0.15, 0.2) is 35.2 Å². The van der Waals surface area contributed by atoms with Crippen molar-refractivity contribution in [3.05, 3.63) is 56.8 Å². The molecular formula is C24H29NO5S. The highest BCUT2D eigenvalue weighted by atomic mass is 32.1. The van der Waals surface area contributed by atoms with E-state index in [-0.39, 0.29) is 17.4 Å². The Morgan fingerprint density at radius 3 is 2.52 bits per heavy atom. The van der Waals surface area contributed by atoms with Crippen LogP contribution in [0.25, 0.3) is 5.76 Å². The molecule has 1 aliphatic heterocycles. The first-order valence-corrected chi connectivity index (χ1v) is 11.2. The number of aryl methyl sites for hydroxylation is 2. The van der Waals surface area contributed by atoms with Crippen LogP contribution in [0.2, 0.25) is 0 Å². The zero-order chi connectivity index (χ0) is 22.7. The van der Waals surface area contributed by atoms with Crippen LogP contribution in [-0.2, 0) is 14.3 Å². The molecule has 0 spiro atoms. The maximum Gasteiger partial charge on any atom is 0.295 e. The third-order valence-corrected chi connectivity index (χ3v) is 6.42. The third kappa shape index (κ3) is 4.67. The summed E-state index contributed by atoms with van der Waals surface area (Å²) in [5.41, 5.74) is 2.43. The molecule has 0 saturated carbocycles. The summed E-state index contributed by atoms with van der Waals surface area (Å²) in [4.78, 5) is 28.4. The summed E-state index contributed by atoms with van der Waals surface area (Å²) in [6.07, 6.45) is 0.706. The zero-order valence-corrected chi connectivity index (χ0v) is 19.4. The van der Waals surface area contributed by atoms with Crippen molar-refractivity contribution in [1.82, 2.24) is 4.90 Å². The number of benzene rings is 1. The van der Waals surface area contributed by atoms with Crippen molar-refractivity contribution in [2.75, 3.05) is 20.3 Å². The van der Waals surface area contributed by atoms with Crippen LogP contribution in [0.4, 0.5) is 0 Å². The molecule has 3 rings (SSSR count). The second-order valence-corrected chi connectivity index (χ2v) is 8.87. The van der Waals surface area contributed by atoms with Crippen molar-refractivity contribution in [1.29, 1.82) is 0 Å². The van der Waals surface area contributed by atoms with Gasteiger partial charge in [-0.25, -0.2) is 0 Å². The lowest BCUT2D eigenvalue weighted by Crippen LogP contribution is -2.31. The Hall–Kier alpha value is -2.64. The highest BCUT2D eigenvalue weighted by Gasteiger charge is 2.46. The van der Waals surface area contributed by atoms with Crippen LogP contribution in [0.1, 0.15) is 47.9 Å². The van der Waals surface area contributed by atoms with Crippen LogP contribution in [0, 0.1) is 13.8 Å². The van der Waals surface area contributed by atoms with Crippen molar-refractivity contribution in [3.63, 3.8) is 0 Å². The molecule has 1 aromatic carbocycles. The third-order valence-electron chi connectivity index (χ3n) is 5.35. The first kappa shape index (κ1) is 23.0. The topological polar surface area (TPSA) is 76.1 Å². The lowest BCUT2D eigenvalue weighted by molar-refractivity contribution is -0.140. The number of hydrogen-bond acceptors (Lipinski definition) is 6. The summed E-state index contributed by atoms with van der Waals surface area (Å²) >= 11 is 1.48. The SMILES string of the molecule is COc1ccc(/C(O)=C2/C(=O)C(=O)N(CCCOC(C)C)C2c2sccc2C)cc1C. The summed E-state index contributed by atoms with van der Waals surface area (Å²) < 4.78 is 10.9. The molecule has 0 aliphatic carbocycles. The van der Waals surface area contributed by atoms with E-state index in [0.717, 1.165) is 16.0 Å². The van der Waals surface area contributed by atoms with Gasteiger partial charge in [0.15, 0.2) is 0 Å². The number of nitrogens with zero attached hydrogens (tertiary/aromatic N) is 1. The molecule has 1 atom stereocenters. The molecule has 0 bridgehead atoms. The van der Waals surface area contributed by atoms with Crippen molar-refractivity contribution < 1.29 is 24.2 Å². The van der Waals surface area contributed by atoms with Gasteiger partial charge in [0.1, 0.15) is 11.5 Å². The van der Waals surface area contributed by atoms with Crippen LogP contribution in [0.3, 0.4) is 0 Å². The van der Waals surface area contributed by atoms with Crippen LogP contribution < -0.4 is 4.74 Å². The van der Waals surface area contributed by atoms with Gasteiger partial charge in [0.2, 0.25) is 0 Å². The Morgan fingerprint density at radius 1 is 1.19 bits per heavy atom. The first-order valence-electron chi connectivity index (χ1n) is 10.3. The first-order chi connectivity index (χ1) is 14.8. The number of methoxy groups -OCH3 is 1. The maximum atomic E-state index is 13.0. The van der Waals surface area contributed by atoms with Crippen molar-refractivity contribution >= 4 is 28.8 Å². The van der Waals surface area contributed by atoms with Crippen molar-refractivity contribution in [2.45, 2.75) is 46.3 Å². The number of aliphatic hydroxyl groups excluding tert-OH is 1. The summed E-state index contributed by atoms with van der Waals surface area (Å²) in [6.45, 7) is 8.59. The van der Waals surface area contributed by atoms with Gasteiger partial charge in [0.25, 0.3) is 11.7 Å². The Bertz CT molecular complexity index is 1010. The Morgan fingerprint density at radius 2 is 1.94 bits per heavy atom. The molecule has 1 aromatic heterocycles.